The van der Waals surface area contributed by atoms with E-state index in [9.17, 15) is 8.42 Å². The fourth-order valence-electron chi connectivity index (χ4n) is 2.89. The number of nitrogens with zero attached hydrogens (tertiary/aromatic N) is 2. The summed E-state index contributed by atoms with van der Waals surface area (Å²) in [4.78, 5) is 7.28. The fourth-order valence-corrected chi connectivity index (χ4v) is 3.69. The van der Waals surface area contributed by atoms with E-state index in [0.29, 0.717) is 6.54 Å². The molecule has 0 spiro atoms. The predicted molar refractivity (Wildman–Crippen MR) is 102 cm³/mol. The Morgan fingerprint density at radius 3 is 2.48 bits per heavy atom. The maximum atomic E-state index is 11.9. The number of sulfonamides is 1. The van der Waals surface area contributed by atoms with E-state index in [1.165, 1.54) is 7.05 Å². The molecule has 1 aromatic carbocycles. The monoisotopic (exact) mass is 366 g/mol. The molecule has 0 aromatic heterocycles. The van der Waals surface area contributed by atoms with E-state index in [0.717, 1.165) is 24.6 Å². The van der Waals surface area contributed by atoms with Crippen LogP contribution in [0, 0.1) is 5.41 Å². The first-order valence-electron chi connectivity index (χ1n) is 8.63. The van der Waals surface area contributed by atoms with Gasteiger partial charge in [-0.15, -0.1) is 0 Å². The van der Waals surface area contributed by atoms with Gasteiger partial charge in [0.25, 0.3) is 0 Å². The van der Waals surface area contributed by atoms with Crippen molar-refractivity contribution < 1.29 is 8.42 Å². The van der Waals surface area contributed by atoms with Crippen molar-refractivity contribution in [3.8, 4) is 0 Å². The molecule has 0 saturated carbocycles. The number of guanidine groups is 1. The SMILES string of the molecule is CCNC(=NCc1cccc(S(=O)(=O)NC)c1)N1CC(C)(C)C1(C)C. The van der Waals surface area contributed by atoms with Crippen LogP contribution in [0.15, 0.2) is 34.2 Å². The lowest BCUT2D eigenvalue weighted by Gasteiger charge is -2.62. The quantitative estimate of drug-likeness (QED) is 0.619. The molecule has 0 aliphatic carbocycles. The number of benzene rings is 1. The van der Waals surface area contributed by atoms with Gasteiger partial charge in [0.05, 0.1) is 11.4 Å². The molecule has 6 nitrogen and oxygen atoms in total. The molecule has 0 bridgehead atoms. The van der Waals surface area contributed by atoms with E-state index in [1.54, 1.807) is 18.2 Å². The summed E-state index contributed by atoms with van der Waals surface area (Å²) in [5.41, 5.74) is 1.11. The van der Waals surface area contributed by atoms with Crippen molar-refractivity contribution in [3.05, 3.63) is 29.8 Å². The standard InChI is InChI=1S/C18H30N4O2S/c1-7-20-16(22-13-17(2,3)18(22,4)5)21-12-14-9-8-10-15(11-14)25(23,24)19-6/h8-11,19H,7,12-13H2,1-6H3,(H,20,21). The molecule has 1 saturated heterocycles. The highest BCUT2D eigenvalue weighted by molar-refractivity contribution is 7.89. The lowest BCUT2D eigenvalue weighted by molar-refractivity contribution is -0.0667. The first kappa shape index (κ1) is 19.7. The zero-order chi connectivity index (χ0) is 18.9. The highest BCUT2D eigenvalue weighted by atomic mass is 32.2. The summed E-state index contributed by atoms with van der Waals surface area (Å²) >= 11 is 0. The van der Waals surface area contributed by atoms with Gasteiger partial charge in [-0.1, -0.05) is 26.0 Å². The lowest BCUT2D eigenvalue weighted by atomic mass is 9.65. The summed E-state index contributed by atoms with van der Waals surface area (Å²) in [6.07, 6.45) is 0. The van der Waals surface area contributed by atoms with Crippen molar-refractivity contribution in [2.24, 2.45) is 10.4 Å². The Hall–Kier alpha value is -1.60. The largest absolute Gasteiger partial charge is 0.356 e. The van der Waals surface area contributed by atoms with Crippen molar-refractivity contribution in [1.29, 1.82) is 0 Å². The highest BCUT2D eigenvalue weighted by Gasteiger charge is 2.53. The van der Waals surface area contributed by atoms with E-state index >= 15 is 0 Å². The second-order valence-corrected chi connectivity index (χ2v) is 9.44. The van der Waals surface area contributed by atoms with Gasteiger partial charge >= 0.3 is 0 Å². The van der Waals surface area contributed by atoms with Crippen LogP contribution < -0.4 is 10.0 Å². The second-order valence-electron chi connectivity index (χ2n) is 7.55. The Bertz CT molecular complexity index is 754. The van der Waals surface area contributed by atoms with Crippen LogP contribution in [0.1, 0.15) is 40.2 Å². The fraction of sp³-hybridized carbons (Fsp3) is 0.611. The summed E-state index contributed by atoms with van der Waals surface area (Å²) in [5.74, 6) is 0.869. The van der Waals surface area contributed by atoms with Crippen molar-refractivity contribution in [2.75, 3.05) is 20.1 Å². The van der Waals surface area contributed by atoms with Crippen LogP contribution in [-0.4, -0.2) is 45.0 Å². The number of hydrogen-bond donors (Lipinski definition) is 2. The predicted octanol–water partition coefficient (Wildman–Crippen LogP) is 2.18. The Labute approximate surface area is 151 Å². The smallest absolute Gasteiger partial charge is 0.240 e. The summed E-state index contributed by atoms with van der Waals surface area (Å²) in [6, 6.07) is 6.90. The van der Waals surface area contributed by atoms with Crippen LogP contribution in [0.5, 0.6) is 0 Å². The summed E-state index contributed by atoms with van der Waals surface area (Å²) < 4.78 is 26.2. The van der Waals surface area contributed by atoms with Gasteiger partial charge in [-0.25, -0.2) is 18.1 Å². The van der Waals surface area contributed by atoms with Gasteiger partial charge in [-0.3, -0.25) is 0 Å². The van der Waals surface area contributed by atoms with Crippen LogP contribution in [-0.2, 0) is 16.6 Å². The Morgan fingerprint density at radius 2 is 1.96 bits per heavy atom. The van der Waals surface area contributed by atoms with Crippen LogP contribution in [0.25, 0.3) is 0 Å². The lowest BCUT2D eigenvalue weighted by Crippen LogP contribution is -2.72. The molecule has 25 heavy (non-hydrogen) atoms. The number of hydrogen-bond acceptors (Lipinski definition) is 3. The Kier molecular flexibility index (Phi) is 5.49. The molecule has 2 N–H and O–H groups in total. The maximum absolute atomic E-state index is 11.9. The molecule has 1 aliphatic heterocycles. The van der Waals surface area contributed by atoms with Crippen LogP contribution in [0.4, 0.5) is 0 Å². The molecule has 1 aromatic rings. The summed E-state index contributed by atoms with van der Waals surface area (Å²) in [6.45, 7) is 13.2. The first-order valence-corrected chi connectivity index (χ1v) is 10.1. The number of nitrogens with one attached hydrogen (secondary N) is 2. The van der Waals surface area contributed by atoms with Gasteiger partial charge < -0.3 is 10.2 Å². The Balaban J connectivity index is 2.22. The van der Waals surface area contributed by atoms with Crippen molar-refractivity contribution in [2.45, 2.75) is 51.6 Å². The third kappa shape index (κ3) is 3.82. The van der Waals surface area contributed by atoms with E-state index in [2.05, 4.69) is 42.6 Å². The van der Waals surface area contributed by atoms with Crippen molar-refractivity contribution in [1.82, 2.24) is 14.9 Å². The molecule has 1 aliphatic rings. The maximum Gasteiger partial charge on any atom is 0.240 e. The van der Waals surface area contributed by atoms with Gasteiger partial charge in [-0.05, 0) is 45.5 Å². The Morgan fingerprint density at radius 1 is 1.28 bits per heavy atom. The normalized spacial score (nSPS) is 19.4. The van der Waals surface area contributed by atoms with Gasteiger partial charge in [0.1, 0.15) is 0 Å². The summed E-state index contributed by atoms with van der Waals surface area (Å²) in [7, 11) is -2.02. The minimum atomic E-state index is -3.44. The third-order valence-corrected chi connectivity index (χ3v) is 6.78. The molecular weight excluding hydrogens is 336 g/mol. The van der Waals surface area contributed by atoms with E-state index in [-0.39, 0.29) is 15.8 Å². The average molecular weight is 367 g/mol. The van der Waals surface area contributed by atoms with Crippen molar-refractivity contribution >= 4 is 16.0 Å². The van der Waals surface area contributed by atoms with E-state index < -0.39 is 10.0 Å². The van der Waals surface area contributed by atoms with Crippen molar-refractivity contribution in [3.63, 3.8) is 0 Å². The molecule has 1 fully saturated rings. The molecular formula is C18H30N4O2S. The van der Waals surface area contributed by atoms with Crippen LogP contribution in [0.2, 0.25) is 0 Å². The van der Waals surface area contributed by atoms with Crippen LogP contribution in [0.3, 0.4) is 0 Å². The van der Waals surface area contributed by atoms with Gasteiger partial charge in [0.2, 0.25) is 10.0 Å². The van der Waals surface area contributed by atoms with Gasteiger partial charge in [0, 0.05) is 24.0 Å². The second kappa shape index (κ2) is 6.96. The molecule has 0 radical (unpaired) electrons. The average Bonchev–Trinajstić information content (AvgIpc) is 2.57. The zero-order valence-electron chi connectivity index (χ0n) is 16.0. The molecule has 0 atom stereocenters. The molecule has 7 heteroatoms. The highest BCUT2D eigenvalue weighted by Crippen LogP contribution is 2.46. The molecule has 2 rings (SSSR count). The minimum Gasteiger partial charge on any atom is -0.356 e. The van der Waals surface area contributed by atoms with Crippen LogP contribution >= 0.6 is 0 Å². The topological polar surface area (TPSA) is 73.8 Å². The molecule has 1 heterocycles. The minimum absolute atomic E-state index is 0.0192. The number of aliphatic imine (C=N–C) groups is 1. The zero-order valence-corrected chi connectivity index (χ0v) is 16.9. The van der Waals surface area contributed by atoms with Gasteiger partial charge in [-0.2, -0.15) is 0 Å². The first-order chi connectivity index (χ1) is 11.5. The third-order valence-electron chi connectivity index (χ3n) is 5.36. The van der Waals surface area contributed by atoms with E-state index in [4.69, 9.17) is 4.99 Å². The number of rotatable bonds is 5. The van der Waals surface area contributed by atoms with E-state index in [1.807, 2.05) is 13.0 Å². The molecule has 140 valence electrons. The number of likely N-dealkylation sites (tertiary alicyclic amines) is 1. The summed E-state index contributed by atoms with van der Waals surface area (Å²) in [5, 5.41) is 3.35. The molecule has 0 amide bonds. The molecule has 0 unspecified atom stereocenters. The van der Waals surface area contributed by atoms with Gasteiger partial charge in [0.15, 0.2) is 5.96 Å².